The van der Waals surface area contributed by atoms with E-state index in [1.54, 1.807) is 42.5 Å². The monoisotopic (exact) mass is 585 g/mol. The first-order valence-corrected chi connectivity index (χ1v) is 15.2. The van der Waals surface area contributed by atoms with Crippen LogP contribution in [0, 0.1) is 13.8 Å². The highest BCUT2D eigenvalue weighted by Crippen LogP contribution is 2.19. The molecule has 5 rings (SSSR count). The molecule has 2 atom stereocenters. The van der Waals surface area contributed by atoms with E-state index in [4.69, 9.17) is 17.8 Å². The van der Waals surface area contributed by atoms with Crippen LogP contribution in [0.3, 0.4) is 0 Å². The Kier molecular flexibility index (Phi) is 7.99. The predicted molar refractivity (Wildman–Crippen MR) is 145 cm³/mol. The first-order chi connectivity index (χ1) is 19.1. The summed E-state index contributed by atoms with van der Waals surface area (Å²) in [5, 5.41) is 0. The minimum Gasteiger partial charge on any atom is -0.474 e. The van der Waals surface area contributed by atoms with E-state index in [0.717, 1.165) is 11.1 Å². The molecule has 3 heterocycles. The second-order valence-corrected chi connectivity index (χ2v) is 12.5. The van der Waals surface area contributed by atoms with Gasteiger partial charge in [0.15, 0.2) is 0 Å². The molecule has 0 bridgehead atoms. The normalized spacial score (nSPS) is 19.1. The molecule has 0 saturated heterocycles. The Morgan fingerprint density at radius 3 is 1.48 bits per heavy atom. The van der Waals surface area contributed by atoms with Gasteiger partial charge in [-0.15, -0.1) is 0 Å². The number of hydrogen-bond acceptors (Lipinski definition) is 11. The Labute approximate surface area is 232 Å². The molecule has 2 aromatic carbocycles. The number of benzene rings is 2. The van der Waals surface area contributed by atoms with Crippen LogP contribution in [0.1, 0.15) is 22.5 Å². The highest BCUT2D eigenvalue weighted by Gasteiger charge is 2.27. The summed E-state index contributed by atoms with van der Waals surface area (Å²) in [6.07, 6.45) is 0. The third-order valence-electron chi connectivity index (χ3n) is 6.06. The summed E-state index contributed by atoms with van der Waals surface area (Å²) in [5.74, 6) is 0.483. The number of hydrogen-bond donors (Lipinski definition) is 0. The lowest BCUT2D eigenvalue weighted by Crippen LogP contribution is -2.18. The number of pyridine rings is 1. The van der Waals surface area contributed by atoms with Crippen LogP contribution in [-0.4, -0.2) is 72.1 Å². The summed E-state index contributed by atoms with van der Waals surface area (Å²) < 4.78 is 71.5. The standard InChI is InChI=1S/C27H27N3O8S2/c1-18-6-10-22(11-7-18)39(31,32)37-16-20-14-35-26(28-20)24-4-3-5-25(30-24)27-29-21(15-36-27)17-38-40(33,34)23-12-8-19(2)9-13-23/h3-13,20-21H,14-17H2,1-2H3/t20-,21-/m0/s1. The molecular formula is C27H27N3O8S2. The van der Waals surface area contributed by atoms with E-state index in [9.17, 15) is 16.8 Å². The van der Waals surface area contributed by atoms with Crippen LogP contribution in [0.15, 0.2) is 86.5 Å². The van der Waals surface area contributed by atoms with E-state index in [1.807, 2.05) is 13.8 Å². The van der Waals surface area contributed by atoms with Crippen LogP contribution in [0.2, 0.25) is 0 Å². The zero-order valence-electron chi connectivity index (χ0n) is 21.8. The van der Waals surface area contributed by atoms with Gasteiger partial charge in [0.2, 0.25) is 11.8 Å². The van der Waals surface area contributed by atoms with Gasteiger partial charge in [-0.05, 0) is 50.2 Å². The molecule has 13 heteroatoms. The fraction of sp³-hybridized carbons (Fsp3) is 0.296. The van der Waals surface area contributed by atoms with Crippen molar-refractivity contribution in [1.29, 1.82) is 0 Å². The number of aryl methyl sites for hydroxylation is 2. The number of rotatable bonds is 10. The van der Waals surface area contributed by atoms with E-state index in [1.165, 1.54) is 24.3 Å². The van der Waals surface area contributed by atoms with Gasteiger partial charge in [-0.25, -0.2) is 15.0 Å². The Morgan fingerprint density at radius 1 is 0.675 bits per heavy atom. The van der Waals surface area contributed by atoms with Crippen molar-refractivity contribution >= 4 is 32.0 Å². The molecule has 0 N–H and O–H groups in total. The molecule has 210 valence electrons. The van der Waals surface area contributed by atoms with Gasteiger partial charge < -0.3 is 9.47 Å². The average Bonchev–Trinajstić information content (AvgIpc) is 3.62. The van der Waals surface area contributed by atoms with E-state index in [2.05, 4.69) is 15.0 Å². The molecule has 11 nitrogen and oxygen atoms in total. The Balaban J connectivity index is 1.20. The maximum absolute atomic E-state index is 12.5. The third kappa shape index (κ3) is 6.55. The second kappa shape index (κ2) is 11.5. The van der Waals surface area contributed by atoms with E-state index in [0.29, 0.717) is 11.4 Å². The summed E-state index contributed by atoms with van der Waals surface area (Å²) >= 11 is 0. The molecule has 1 aromatic heterocycles. The van der Waals surface area contributed by atoms with Crippen molar-refractivity contribution in [2.45, 2.75) is 35.7 Å². The second-order valence-electron chi connectivity index (χ2n) is 9.31. The number of ether oxygens (including phenoxy) is 2. The summed E-state index contributed by atoms with van der Waals surface area (Å²) in [7, 11) is -7.84. The fourth-order valence-corrected chi connectivity index (χ4v) is 5.72. The minimum atomic E-state index is -3.92. The Morgan fingerprint density at radius 2 is 1.07 bits per heavy atom. The van der Waals surface area contributed by atoms with Gasteiger partial charge in [0.05, 0.1) is 23.0 Å². The van der Waals surface area contributed by atoms with Gasteiger partial charge in [0.25, 0.3) is 20.2 Å². The first-order valence-electron chi connectivity index (χ1n) is 12.4. The van der Waals surface area contributed by atoms with Crippen LogP contribution in [0.5, 0.6) is 0 Å². The molecule has 40 heavy (non-hydrogen) atoms. The first kappa shape index (κ1) is 27.9. The molecule has 0 unspecified atom stereocenters. The van der Waals surface area contributed by atoms with Gasteiger partial charge >= 0.3 is 0 Å². The Hall–Kier alpha value is -3.65. The quantitative estimate of drug-likeness (QED) is 0.328. The van der Waals surface area contributed by atoms with Crippen LogP contribution in [-0.2, 0) is 38.1 Å². The topological polar surface area (TPSA) is 143 Å². The Bertz CT molecular complexity index is 1530. The van der Waals surface area contributed by atoms with Crippen LogP contribution in [0.25, 0.3) is 0 Å². The van der Waals surface area contributed by atoms with Gasteiger partial charge in [-0.3, -0.25) is 8.37 Å². The predicted octanol–water partition coefficient (Wildman–Crippen LogP) is 2.80. The summed E-state index contributed by atoms with van der Waals surface area (Å²) in [5.41, 5.74) is 2.70. The lowest BCUT2D eigenvalue weighted by atomic mass is 10.2. The van der Waals surface area contributed by atoms with E-state index >= 15 is 0 Å². The smallest absolute Gasteiger partial charge is 0.297 e. The summed E-state index contributed by atoms with van der Waals surface area (Å²) in [6, 6.07) is 16.8. The summed E-state index contributed by atoms with van der Waals surface area (Å²) in [6.45, 7) is 3.65. The van der Waals surface area contributed by atoms with Gasteiger partial charge in [-0.1, -0.05) is 41.5 Å². The van der Waals surface area contributed by atoms with Crippen molar-refractivity contribution in [3.8, 4) is 0 Å². The van der Waals surface area contributed by atoms with E-state index in [-0.39, 0.29) is 48.0 Å². The van der Waals surface area contributed by atoms with Crippen LogP contribution in [0.4, 0.5) is 0 Å². The van der Waals surface area contributed by atoms with Crippen molar-refractivity contribution < 1.29 is 34.7 Å². The van der Waals surface area contributed by atoms with Crippen LogP contribution < -0.4 is 0 Å². The SMILES string of the molecule is Cc1ccc(S(=O)(=O)OC[C@@H]2COC(c3cccc(C4=N[C@H](COS(=O)(=O)c5ccc(C)cc5)CO4)n3)=N2)cc1. The highest BCUT2D eigenvalue weighted by molar-refractivity contribution is 7.87. The molecule has 3 aromatic rings. The molecule has 0 fully saturated rings. The van der Waals surface area contributed by atoms with Crippen molar-refractivity contribution in [1.82, 2.24) is 4.98 Å². The average molecular weight is 586 g/mol. The minimum absolute atomic E-state index is 0.0735. The van der Waals surface area contributed by atoms with Crippen molar-refractivity contribution in [3.05, 3.63) is 89.2 Å². The molecule has 0 amide bonds. The van der Waals surface area contributed by atoms with Gasteiger partial charge in [0.1, 0.15) is 36.7 Å². The zero-order chi connectivity index (χ0) is 28.3. The van der Waals surface area contributed by atoms with Crippen molar-refractivity contribution in [2.75, 3.05) is 26.4 Å². The van der Waals surface area contributed by atoms with Gasteiger partial charge in [0, 0.05) is 0 Å². The number of aliphatic imine (C=N–C) groups is 2. The molecule has 2 aliphatic rings. The lowest BCUT2D eigenvalue weighted by molar-refractivity contribution is 0.246. The van der Waals surface area contributed by atoms with Gasteiger partial charge in [-0.2, -0.15) is 16.8 Å². The molecule has 0 saturated carbocycles. The third-order valence-corrected chi connectivity index (χ3v) is 8.65. The lowest BCUT2D eigenvalue weighted by Gasteiger charge is -2.07. The number of aromatic nitrogens is 1. The van der Waals surface area contributed by atoms with Crippen molar-refractivity contribution in [3.63, 3.8) is 0 Å². The number of nitrogens with zero attached hydrogens (tertiary/aromatic N) is 3. The van der Waals surface area contributed by atoms with Crippen LogP contribution >= 0.6 is 0 Å². The highest BCUT2D eigenvalue weighted by atomic mass is 32.2. The molecule has 0 aliphatic carbocycles. The molecule has 0 spiro atoms. The fourth-order valence-electron chi connectivity index (χ4n) is 3.84. The molecule has 2 aliphatic heterocycles. The van der Waals surface area contributed by atoms with Crippen molar-refractivity contribution in [2.24, 2.45) is 9.98 Å². The molecular weight excluding hydrogens is 558 g/mol. The zero-order valence-corrected chi connectivity index (χ0v) is 23.4. The van der Waals surface area contributed by atoms with E-state index < -0.39 is 32.3 Å². The largest absolute Gasteiger partial charge is 0.474 e. The maximum Gasteiger partial charge on any atom is 0.297 e. The molecule has 0 radical (unpaired) electrons. The summed E-state index contributed by atoms with van der Waals surface area (Å²) in [4.78, 5) is 13.5. The maximum atomic E-state index is 12.5.